The van der Waals surface area contributed by atoms with Crippen molar-refractivity contribution in [3.8, 4) is 0 Å². The van der Waals surface area contributed by atoms with Gasteiger partial charge in [-0.05, 0) is 26.9 Å². The van der Waals surface area contributed by atoms with Crippen LogP contribution in [0.25, 0.3) is 0 Å². The van der Waals surface area contributed by atoms with E-state index in [-0.39, 0.29) is 0 Å². The highest BCUT2D eigenvalue weighted by Crippen LogP contribution is 2.06. The number of rotatable bonds is 4. The summed E-state index contributed by atoms with van der Waals surface area (Å²) in [6.07, 6.45) is 1.55. The molecule has 0 aromatic rings. The van der Waals surface area contributed by atoms with E-state index >= 15 is 0 Å². The lowest BCUT2D eigenvalue weighted by atomic mass is 10.1. The average Bonchev–Trinajstić information content (AvgIpc) is 2.14. The molecule has 78 valence electrons. The molecule has 1 fully saturated rings. The van der Waals surface area contributed by atoms with Gasteiger partial charge in [-0.15, -0.1) is 0 Å². The van der Waals surface area contributed by atoms with Gasteiger partial charge in [-0.1, -0.05) is 6.92 Å². The van der Waals surface area contributed by atoms with Crippen molar-refractivity contribution >= 4 is 0 Å². The molecule has 1 N–H and O–H groups in total. The van der Waals surface area contributed by atoms with E-state index < -0.39 is 0 Å². The molecular formula is C10H22N2O. The molecule has 0 amide bonds. The molecule has 1 heterocycles. The first-order valence-electron chi connectivity index (χ1n) is 5.27. The van der Waals surface area contributed by atoms with E-state index in [1.165, 1.54) is 6.42 Å². The van der Waals surface area contributed by atoms with Crippen molar-refractivity contribution in [2.75, 3.05) is 33.3 Å². The predicted octanol–water partition coefficient (Wildman–Crippen LogP) is 0.705. The van der Waals surface area contributed by atoms with E-state index in [2.05, 4.69) is 31.1 Å². The van der Waals surface area contributed by atoms with E-state index in [0.717, 1.165) is 26.2 Å². The van der Waals surface area contributed by atoms with E-state index in [1.54, 1.807) is 0 Å². The molecule has 0 aromatic carbocycles. The zero-order valence-corrected chi connectivity index (χ0v) is 9.05. The fourth-order valence-electron chi connectivity index (χ4n) is 1.62. The lowest BCUT2D eigenvalue weighted by molar-refractivity contribution is -0.0352. The van der Waals surface area contributed by atoms with Gasteiger partial charge < -0.3 is 15.0 Å². The minimum absolute atomic E-state index is 0.366. The maximum Gasteiger partial charge on any atom is 0.0852 e. The number of nitrogens with one attached hydrogen (secondary N) is 1. The van der Waals surface area contributed by atoms with E-state index in [1.807, 2.05) is 0 Å². The second-order valence-electron chi connectivity index (χ2n) is 3.91. The van der Waals surface area contributed by atoms with Crippen LogP contribution in [0, 0.1) is 0 Å². The van der Waals surface area contributed by atoms with Gasteiger partial charge in [-0.2, -0.15) is 0 Å². The summed E-state index contributed by atoms with van der Waals surface area (Å²) >= 11 is 0. The summed E-state index contributed by atoms with van der Waals surface area (Å²) in [7, 11) is 2.15. The maximum atomic E-state index is 5.70. The number of likely N-dealkylation sites (N-methyl/N-ethyl adjacent to an activating group) is 1. The number of morpholine rings is 1. The third-order valence-corrected chi connectivity index (χ3v) is 2.57. The summed E-state index contributed by atoms with van der Waals surface area (Å²) in [4.78, 5) is 2.33. The number of nitrogens with zero attached hydrogens (tertiary/aromatic N) is 1. The quantitative estimate of drug-likeness (QED) is 0.699. The summed E-state index contributed by atoms with van der Waals surface area (Å²) < 4.78 is 5.70. The van der Waals surface area contributed by atoms with Crippen LogP contribution in [0.3, 0.4) is 0 Å². The molecule has 1 rings (SSSR count). The molecule has 1 saturated heterocycles. The van der Waals surface area contributed by atoms with Gasteiger partial charge >= 0.3 is 0 Å². The van der Waals surface area contributed by atoms with Crippen molar-refractivity contribution in [3.63, 3.8) is 0 Å². The molecule has 0 aliphatic carbocycles. The van der Waals surface area contributed by atoms with Gasteiger partial charge in [-0.25, -0.2) is 0 Å². The SMILES string of the molecule is CCCNC(C)C1CN(C)CCO1. The Bertz CT molecular complexity index is 141. The maximum absolute atomic E-state index is 5.70. The summed E-state index contributed by atoms with van der Waals surface area (Å²) in [5, 5.41) is 3.47. The molecular weight excluding hydrogens is 164 g/mol. The molecule has 13 heavy (non-hydrogen) atoms. The Morgan fingerprint density at radius 2 is 2.38 bits per heavy atom. The summed E-state index contributed by atoms with van der Waals surface area (Å²) in [5.74, 6) is 0. The minimum Gasteiger partial charge on any atom is -0.374 e. The average molecular weight is 186 g/mol. The molecule has 0 saturated carbocycles. The van der Waals surface area contributed by atoms with Crippen LogP contribution in [0.15, 0.2) is 0 Å². The van der Waals surface area contributed by atoms with Crippen molar-refractivity contribution in [3.05, 3.63) is 0 Å². The van der Waals surface area contributed by atoms with E-state index in [4.69, 9.17) is 4.74 Å². The van der Waals surface area contributed by atoms with Gasteiger partial charge in [0.25, 0.3) is 0 Å². The van der Waals surface area contributed by atoms with Crippen molar-refractivity contribution < 1.29 is 4.74 Å². The Morgan fingerprint density at radius 3 is 3.00 bits per heavy atom. The molecule has 1 aliphatic heterocycles. The fourth-order valence-corrected chi connectivity index (χ4v) is 1.62. The van der Waals surface area contributed by atoms with Gasteiger partial charge in [0.05, 0.1) is 12.7 Å². The van der Waals surface area contributed by atoms with Crippen LogP contribution in [-0.2, 0) is 4.74 Å². The first-order chi connectivity index (χ1) is 6.24. The fraction of sp³-hybridized carbons (Fsp3) is 1.00. The Morgan fingerprint density at radius 1 is 1.62 bits per heavy atom. The van der Waals surface area contributed by atoms with Crippen molar-refractivity contribution in [2.24, 2.45) is 0 Å². The largest absolute Gasteiger partial charge is 0.374 e. The van der Waals surface area contributed by atoms with Crippen LogP contribution in [0.2, 0.25) is 0 Å². The third kappa shape index (κ3) is 3.63. The zero-order valence-electron chi connectivity index (χ0n) is 9.05. The number of ether oxygens (including phenoxy) is 1. The van der Waals surface area contributed by atoms with Crippen LogP contribution in [0.5, 0.6) is 0 Å². The first kappa shape index (κ1) is 11.0. The molecule has 3 heteroatoms. The topological polar surface area (TPSA) is 24.5 Å². The predicted molar refractivity (Wildman–Crippen MR) is 55.0 cm³/mol. The molecule has 3 nitrogen and oxygen atoms in total. The van der Waals surface area contributed by atoms with Gasteiger partial charge in [0.15, 0.2) is 0 Å². The third-order valence-electron chi connectivity index (χ3n) is 2.57. The van der Waals surface area contributed by atoms with Crippen LogP contribution in [0.1, 0.15) is 20.3 Å². The summed E-state index contributed by atoms with van der Waals surface area (Å²) in [6.45, 7) is 8.48. The Hall–Kier alpha value is -0.120. The standard InChI is InChI=1S/C10H22N2O/c1-4-5-11-9(2)10-8-12(3)6-7-13-10/h9-11H,4-8H2,1-3H3. The second kappa shape index (κ2) is 5.58. The summed E-state index contributed by atoms with van der Waals surface area (Å²) in [5.41, 5.74) is 0. The molecule has 0 aromatic heterocycles. The van der Waals surface area contributed by atoms with Gasteiger partial charge in [0.1, 0.15) is 0 Å². The smallest absolute Gasteiger partial charge is 0.0852 e. The molecule has 0 spiro atoms. The van der Waals surface area contributed by atoms with Crippen LogP contribution >= 0.6 is 0 Å². The lowest BCUT2D eigenvalue weighted by Gasteiger charge is -2.34. The van der Waals surface area contributed by atoms with Crippen molar-refractivity contribution in [1.29, 1.82) is 0 Å². The van der Waals surface area contributed by atoms with Crippen LogP contribution in [-0.4, -0.2) is 50.3 Å². The molecule has 0 radical (unpaired) electrons. The Kier molecular flexibility index (Phi) is 4.70. The normalized spacial score (nSPS) is 27.5. The molecule has 1 aliphatic rings. The minimum atomic E-state index is 0.366. The molecule has 0 bridgehead atoms. The van der Waals surface area contributed by atoms with Crippen molar-refractivity contribution in [1.82, 2.24) is 10.2 Å². The highest BCUT2D eigenvalue weighted by molar-refractivity contribution is 4.78. The second-order valence-corrected chi connectivity index (χ2v) is 3.91. The van der Waals surface area contributed by atoms with E-state index in [0.29, 0.717) is 12.1 Å². The molecule has 2 atom stereocenters. The zero-order chi connectivity index (χ0) is 9.68. The van der Waals surface area contributed by atoms with Crippen LogP contribution < -0.4 is 5.32 Å². The Labute approximate surface area is 81.4 Å². The highest BCUT2D eigenvalue weighted by atomic mass is 16.5. The lowest BCUT2D eigenvalue weighted by Crippen LogP contribution is -2.50. The van der Waals surface area contributed by atoms with Gasteiger partial charge in [0, 0.05) is 19.1 Å². The van der Waals surface area contributed by atoms with Gasteiger partial charge in [-0.3, -0.25) is 0 Å². The first-order valence-corrected chi connectivity index (χ1v) is 5.27. The monoisotopic (exact) mass is 186 g/mol. The Balaban J connectivity index is 2.24. The van der Waals surface area contributed by atoms with Crippen molar-refractivity contribution in [2.45, 2.75) is 32.4 Å². The number of hydrogen-bond donors (Lipinski definition) is 1. The van der Waals surface area contributed by atoms with Crippen LogP contribution in [0.4, 0.5) is 0 Å². The van der Waals surface area contributed by atoms with Gasteiger partial charge in [0.2, 0.25) is 0 Å². The summed E-state index contributed by atoms with van der Waals surface area (Å²) in [6, 6.07) is 0.475. The highest BCUT2D eigenvalue weighted by Gasteiger charge is 2.22. The number of hydrogen-bond acceptors (Lipinski definition) is 3. The molecule has 2 unspecified atom stereocenters. The van der Waals surface area contributed by atoms with E-state index in [9.17, 15) is 0 Å².